The highest BCUT2D eigenvalue weighted by Crippen LogP contribution is 2.42. The molecular weight excluding hydrogens is 226 g/mol. The van der Waals surface area contributed by atoms with E-state index in [0.717, 1.165) is 30.9 Å². The topological polar surface area (TPSA) is 32.7 Å². The third-order valence-corrected chi connectivity index (χ3v) is 4.35. The fraction of sp³-hybridized carbons (Fsp3) is 0.600. The molecule has 0 aliphatic carbocycles. The fourth-order valence-electron chi connectivity index (χ4n) is 3.44. The molecule has 3 nitrogen and oxygen atoms in total. The number of phenolic OH excluding ortho intramolecular Hbond substituents is 1. The Kier molecular flexibility index (Phi) is 2.94. The van der Waals surface area contributed by atoms with Crippen molar-refractivity contribution in [3.05, 3.63) is 23.8 Å². The molecule has 1 fully saturated rings. The van der Waals surface area contributed by atoms with Crippen LogP contribution in [-0.4, -0.2) is 35.2 Å². The molecule has 98 valence electrons. The summed E-state index contributed by atoms with van der Waals surface area (Å²) in [5.41, 5.74) is 1.12. The molecule has 3 heteroatoms. The van der Waals surface area contributed by atoms with Gasteiger partial charge in [-0.1, -0.05) is 13.0 Å². The molecule has 2 heterocycles. The number of rotatable bonds is 2. The summed E-state index contributed by atoms with van der Waals surface area (Å²) in [7, 11) is 0. The van der Waals surface area contributed by atoms with E-state index in [4.69, 9.17) is 4.74 Å². The van der Waals surface area contributed by atoms with E-state index in [2.05, 4.69) is 11.8 Å². The van der Waals surface area contributed by atoms with Crippen LogP contribution in [0.5, 0.6) is 11.5 Å². The van der Waals surface area contributed by atoms with E-state index < -0.39 is 0 Å². The van der Waals surface area contributed by atoms with Crippen molar-refractivity contribution in [3.63, 3.8) is 0 Å². The van der Waals surface area contributed by atoms with Gasteiger partial charge in [0.15, 0.2) is 0 Å². The predicted octanol–water partition coefficient (Wildman–Crippen LogP) is 2.57. The Labute approximate surface area is 108 Å². The smallest absolute Gasteiger partial charge is 0.126 e. The second-order valence-electron chi connectivity index (χ2n) is 5.53. The monoisotopic (exact) mass is 247 g/mol. The van der Waals surface area contributed by atoms with Crippen molar-refractivity contribution in [2.45, 2.75) is 38.1 Å². The van der Waals surface area contributed by atoms with Crippen LogP contribution in [0.1, 0.15) is 31.7 Å². The lowest BCUT2D eigenvalue weighted by Gasteiger charge is -2.42. The number of hydrogen-bond donors (Lipinski definition) is 1. The maximum Gasteiger partial charge on any atom is 0.126 e. The number of ether oxygens (including phenoxy) is 1. The molecule has 0 saturated carbocycles. The number of benzene rings is 1. The van der Waals surface area contributed by atoms with E-state index in [1.54, 1.807) is 6.07 Å². The molecule has 0 radical (unpaired) electrons. The van der Waals surface area contributed by atoms with Crippen LogP contribution >= 0.6 is 0 Å². The summed E-state index contributed by atoms with van der Waals surface area (Å²) in [6, 6.07) is 5.58. The molecule has 0 bridgehead atoms. The molecule has 0 aromatic heterocycles. The van der Waals surface area contributed by atoms with Gasteiger partial charge in [0.1, 0.15) is 18.1 Å². The van der Waals surface area contributed by atoms with Gasteiger partial charge in [0, 0.05) is 12.0 Å². The summed E-state index contributed by atoms with van der Waals surface area (Å²) < 4.78 is 5.92. The minimum Gasteiger partial charge on any atom is -0.508 e. The van der Waals surface area contributed by atoms with Gasteiger partial charge in [-0.05, 0) is 44.5 Å². The Morgan fingerprint density at radius 1 is 1.44 bits per heavy atom. The van der Waals surface area contributed by atoms with Gasteiger partial charge < -0.3 is 9.84 Å². The predicted molar refractivity (Wildman–Crippen MR) is 71.1 cm³/mol. The molecule has 1 saturated heterocycles. The van der Waals surface area contributed by atoms with Crippen molar-refractivity contribution in [2.24, 2.45) is 0 Å². The first-order valence-corrected chi connectivity index (χ1v) is 6.94. The lowest BCUT2D eigenvalue weighted by Crippen LogP contribution is -2.52. The lowest BCUT2D eigenvalue weighted by atomic mass is 9.86. The number of phenols is 1. The molecule has 0 unspecified atom stereocenters. The van der Waals surface area contributed by atoms with Crippen LogP contribution in [-0.2, 0) is 6.42 Å². The Bertz CT molecular complexity index is 446. The van der Waals surface area contributed by atoms with E-state index in [1.807, 2.05) is 12.1 Å². The molecule has 1 N–H and O–H groups in total. The molecule has 1 aromatic carbocycles. The molecule has 3 rings (SSSR count). The normalized spacial score (nSPS) is 27.2. The fourth-order valence-corrected chi connectivity index (χ4v) is 3.44. The van der Waals surface area contributed by atoms with Crippen molar-refractivity contribution in [2.75, 3.05) is 19.7 Å². The van der Waals surface area contributed by atoms with Gasteiger partial charge >= 0.3 is 0 Å². The van der Waals surface area contributed by atoms with Crippen LogP contribution in [0.15, 0.2) is 18.2 Å². The van der Waals surface area contributed by atoms with E-state index in [9.17, 15) is 5.11 Å². The van der Waals surface area contributed by atoms with Gasteiger partial charge in [0.25, 0.3) is 0 Å². The van der Waals surface area contributed by atoms with Gasteiger partial charge in [0.05, 0.1) is 5.54 Å². The maximum atomic E-state index is 10.0. The highest BCUT2D eigenvalue weighted by atomic mass is 16.5. The minimum absolute atomic E-state index is 0.127. The average Bonchev–Trinajstić information content (AvgIpc) is 2.74. The van der Waals surface area contributed by atoms with Crippen molar-refractivity contribution in [1.82, 2.24) is 4.90 Å². The molecule has 0 amide bonds. The number of hydrogen-bond acceptors (Lipinski definition) is 3. The largest absolute Gasteiger partial charge is 0.508 e. The zero-order valence-corrected chi connectivity index (χ0v) is 11.0. The van der Waals surface area contributed by atoms with Crippen molar-refractivity contribution in [1.29, 1.82) is 0 Å². The second kappa shape index (κ2) is 4.47. The van der Waals surface area contributed by atoms with Gasteiger partial charge in [0.2, 0.25) is 0 Å². The maximum absolute atomic E-state index is 10.0. The molecule has 2 aliphatic heterocycles. The van der Waals surface area contributed by atoms with Crippen molar-refractivity contribution >= 4 is 0 Å². The van der Waals surface area contributed by atoms with Gasteiger partial charge in [-0.2, -0.15) is 0 Å². The number of likely N-dealkylation sites (tertiary alicyclic amines) is 1. The van der Waals surface area contributed by atoms with E-state index >= 15 is 0 Å². The third-order valence-electron chi connectivity index (χ3n) is 4.35. The lowest BCUT2D eigenvalue weighted by molar-refractivity contribution is 0.0595. The van der Waals surface area contributed by atoms with Gasteiger partial charge in [-0.15, -0.1) is 0 Å². The Morgan fingerprint density at radius 2 is 2.33 bits per heavy atom. The Hall–Kier alpha value is -1.22. The molecular formula is C15H21NO2. The van der Waals surface area contributed by atoms with Crippen LogP contribution in [0.3, 0.4) is 0 Å². The SMILES string of the molecule is CCCN1CCC[C@@]12COc1cccc(O)c1C2. The zero-order chi connectivity index (χ0) is 12.6. The number of fused-ring (bicyclic) bond motifs is 1. The van der Waals surface area contributed by atoms with Gasteiger partial charge in [-0.25, -0.2) is 0 Å². The molecule has 1 spiro atoms. The summed E-state index contributed by atoms with van der Waals surface area (Å²) >= 11 is 0. The van der Waals surface area contributed by atoms with Crippen LogP contribution < -0.4 is 4.74 Å². The van der Waals surface area contributed by atoms with Crippen LogP contribution in [0.25, 0.3) is 0 Å². The standard InChI is InChI=1S/C15H21NO2/c1-2-8-16-9-4-7-15(16)10-12-13(17)5-3-6-14(12)18-11-15/h3,5-6,17H,2,4,7-11H2,1H3/t15-/m1/s1. The molecule has 1 aromatic rings. The Balaban J connectivity index is 1.91. The van der Waals surface area contributed by atoms with E-state index in [1.165, 1.54) is 25.8 Å². The highest BCUT2D eigenvalue weighted by Gasteiger charge is 2.44. The quantitative estimate of drug-likeness (QED) is 0.872. The first-order valence-electron chi connectivity index (χ1n) is 6.94. The van der Waals surface area contributed by atoms with E-state index in [0.29, 0.717) is 5.75 Å². The van der Waals surface area contributed by atoms with Crippen molar-refractivity contribution in [3.8, 4) is 11.5 Å². The summed E-state index contributed by atoms with van der Waals surface area (Å²) in [6.45, 7) is 5.29. The summed E-state index contributed by atoms with van der Waals surface area (Å²) in [5.74, 6) is 1.25. The summed E-state index contributed by atoms with van der Waals surface area (Å²) in [6.07, 6.45) is 4.53. The summed E-state index contributed by atoms with van der Waals surface area (Å²) in [4.78, 5) is 2.56. The van der Waals surface area contributed by atoms with Gasteiger partial charge in [-0.3, -0.25) is 4.90 Å². The average molecular weight is 247 g/mol. The van der Waals surface area contributed by atoms with E-state index in [-0.39, 0.29) is 5.54 Å². The zero-order valence-electron chi connectivity index (χ0n) is 11.0. The summed E-state index contributed by atoms with van der Waals surface area (Å²) in [5, 5.41) is 10.0. The number of aromatic hydroxyl groups is 1. The molecule has 2 aliphatic rings. The highest BCUT2D eigenvalue weighted by molar-refractivity contribution is 5.46. The third kappa shape index (κ3) is 1.77. The minimum atomic E-state index is 0.127. The van der Waals surface area contributed by atoms with Crippen molar-refractivity contribution < 1.29 is 9.84 Å². The van der Waals surface area contributed by atoms with Crippen LogP contribution in [0, 0.1) is 0 Å². The first kappa shape index (κ1) is 11.8. The Morgan fingerprint density at radius 3 is 3.17 bits per heavy atom. The molecule has 1 atom stereocenters. The second-order valence-corrected chi connectivity index (χ2v) is 5.53. The van der Waals surface area contributed by atoms with Crippen LogP contribution in [0.2, 0.25) is 0 Å². The van der Waals surface area contributed by atoms with Crippen LogP contribution in [0.4, 0.5) is 0 Å². The number of nitrogens with zero attached hydrogens (tertiary/aromatic N) is 1. The first-order chi connectivity index (χ1) is 8.75. The molecule has 18 heavy (non-hydrogen) atoms.